The van der Waals surface area contributed by atoms with E-state index in [4.69, 9.17) is 3.08 Å². The third-order valence-corrected chi connectivity index (χ3v) is 0. The summed E-state index contributed by atoms with van der Waals surface area (Å²) in [6.45, 7) is 0. The van der Waals surface area contributed by atoms with Crippen molar-refractivity contribution in [2.45, 2.75) is 0 Å². The van der Waals surface area contributed by atoms with Crippen molar-refractivity contribution in [3.63, 3.8) is 0 Å². The monoisotopic (exact) mass is 202 g/mol. The molecule has 0 heterocycles. The van der Waals surface area contributed by atoms with Gasteiger partial charge in [-0.15, -0.1) is 0 Å². The van der Waals surface area contributed by atoms with Crippen LogP contribution >= 0.6 is 0 Å². The van der Waals surface area contributed by atoms with E-state index < -0.39 is 0 Å². The van der Waals surface area contributed by atoms with Crippen LogP contribution in [-0.4, -0.2) is 39.9 Å². The molecule has 0 saturated carbocycles. The van der Waals surface area contributed by atoms with Crippen LogP contribution in [0.3, 0.4) is 0 Å². The fraction of sp³-hybridized carbons (Fsp3) is 0. The van der Waals surface area contributed by atoms with Crippen LogP contribution in [0, 0.1) is 0 Å². The summed E-state index contributed by atoms with van der Waals surface area (Å²) in [5, 5.41) is 0. The van der Waals surface area contributed by atoms with Crippen molar-refractivity contribution >= 4 is 39.9 Å². The average Bonchev–Trinajstić information content (AvgIpc) is 1.00. The Labute approximate surface area is 91.9 Å². The molecule has 4 heavy (non-hydrogen) atoms. The van der Waals surface area contributed by atoms with Crippen LogP contribution in [0.4, 0.5) is 0 Å². The first-order chi connectivity index (χ1) is 1.00. The molecule has 4 heteroatoms. The van der Waals surface area contributed by atoms with Gasteiger partial charge in [-0.3, -0.25) is 0 Å². The summed E-state index contributed by atoms with van der Waals surface area (Å²) < 4.78 is 8.34. The Kier molecular flexibility index (Phi) is 67.9. The molecular weight excluding hydrogens is 201 g/mol. The van der Waals surface area contributed by atoms with Crippen molar-refractivity contribution in [2.75, 3.05) is 0 Å². The molecule has 0 saturated heterocycles. The minimum absolute atomic E-state index is 0. The first-order valence-electron chi connectivity index (χ1n) is 0.204. The van der Waals surface area contributed by atoms with Gasteiger partial charge in [-0.2, -0.15) is 0 Å². The second-order valence-corrected chi connectivity index (χ2v) is 0. The Hall–Kier alpha value is 2.77. The molecule has 1 nitrogen and oxygen atoms in total. The summed E-state index contributed by atoms with van der Waals surface area (Å²) in [5.74, 6) is 0. The zero-order valence-electron chi connectivity index (χ0n) is 2.49. The molecule has 0 bridgehead atoms. The maximum absolute atomic E-state index is 8.34. The Morgan fingerprint density at radius 1 is 1.25 bits per heavy atom. The quantitative estimate of drug-likeness (QED) is 0.366. The zero-order chi connectivity index (χ0) is 2.00. The topological polar surface area (TPSA) is 17.1 Å². The standard InChI is InChI=1S/Al.K.O.Sn/q+3;+1;;. The molecule has 0 aliphatic carbocycles. The predicted octanol–water partition coefficient (Wildman–Crippen LogP) is -3.88. The summed E-state index contributed by atoms with van der Waals surface area (Å²) >= 11 is 0.300. The van der Waals surface area contributed by atoms with Crippen molar-refractivity contribution in [2.24, 2.45) is 0 Å². The normalized spacial score (nSPS) is 1.00. The number of hydrogen-bond acceptors (Lipinski definition) is 1. The van der Waals surface area contributed by atoms with Gasteiger partial charge >= 0.3 is 94.3 Å². The average molecular weight is 201 g/mol. The summed E-state index contributed by atoms with van der Waals surface area (Å²) in [4.78, 5) is 0. The van der Waals surface area contributed by atoms with E-state index in [0.29, 0.717) is 22.5 Å². The second-order valence-electron chi connectivity index (χ2n) is 0. The molecule has 0 aromatic rings. The van der Waals surface area contributed by atoms with Gasteiger partial charge in [0, 0.05) is 0 Å². The molecule has 0 aliphatic heterocycles. The van der Waals surface area contributed by atoms with Crippen LogP contribution in [-0.2, 0) is 3.08 Å². The fourth-order valence-electron chi connectivity index (χ4n) is 0. The van der Waals surface area contributed by atoms with Gasteiger partial charge in [0.25, 0.3) is 0 Å². The molecule has 0 aromatic carbocycles. The van der Waals surface area contributed by atoms with Crippen molar-refractivity contribution in [3.8, 4) is 0 Å². The van der Waals surface area contributed by atoms with Gasteiger partial charge in [-0.25, -0.2) is 0 Å². The number of rotatable bonds is 0. The van der Waals surface area contributed by atoms with Crippen LogP contribution in [0.5, 0.6) is 0 Å². The first kappa shape index (κ1) is 15.9. The number of hydrogen-bond donors (Lipinski definition) is 0. The van der Waals surface area contributed by atoms with Crippen molar-refractivity contribution < 1.29 is 54.5 Å². The van der Waals surface area contributed by atoms with Crippen LogP contribution in [0.1, 0.15) is 0 Å². The Morgan fingerprint density at radius 2 is 1.25 bits per heavy atom. The van der Waals surface area contributed by atoms with E-state index in [0.717, 1.165) is 0 Å². The van der Waals surface area contributed by atoms with Crippen molar-refractivity contribution in [3.05, 3.63) is 0 Å². The Bertz CT molecular complexity index is 8.00. The molecule has 0 rings (SSSR count). The van der Waals surface area contributed by atoms with Gasteiger partial charge in [-0.05, 0) is 0 Å². The van der Waals surface area contributed by atoms with Crippen LogP contribution in [0.2, 0.25) is 0 Å². The zero-order valence-corrected chi connectivity index (χ0v) is 9.62. The molecular formula is AlKOSn+4. The molecule has 0 amide bonds. The van der Waals surface area contributed by atoms with Crippen LogP contribution < -0.4 is 51.4 Å². The molecule has 0 N–H and O–H groups in total. The third kappa shape index (κ3) is 8.84. The van der Waals surface area contributed by atoms with E-state index in [1.807, 2.05) is 0 Å². The van der Waals surface area contributed by atoms with Gasteiger partial charge < -0.3 is 0 Å². The van der Waals surface area contributed by atoms with Crippen LogP contribution in [0.25, 0.3) is 0 Å². The Balaban J connectivity index is -0.00000000500. The molecule has 0 aromatic heterocycles. The molecule has 2 radical (unpaired) electrons. The summed E-state index contributed by atoms with van der Waals surface area (Å²) in [7, 11) is 0. The van der Waals surface area contributed by atoms with Gasteiger partial charge in [0.15, 0.2) is 0 Å². The minimum atomic E-state index is 0. The molecule has 10 valence electrons. The van der Waals surface area contributed by atoms with E-state index in [2.05, 4.69) is 0 Å². The predicted molar refractivity (Wildman–Crippen MR) is 12.2 cm³/mol. The fourth-order valence-corrected chi connectivity index (χ4v) is 0. The van der Waals surface area contributed by atoms with E-state index >= 15 is 0 Å². The van der Waals surface area contributed by atoms with E-state index in [1.54, 1.807) is 0 Å². The van der Waals surface area contributed by atoms with Crippen molar-refractivity contribution in [1.82, 2.24) is 0 Å². The van der Waals surface area contributed by atoms with E-state index in [-0.39, 0.29) is 68.7 Å². The maximum atomic E-state index is 8.34. The van der Waals surface area contributed by atoms with Gasteiger partial charge in [0.05, 0.1) is 0 Å². The molecule has 0 fully saturated rings. The summed E-state index contributed by atoms with van der Waals surface area (Å²) in [5.41, 5.74) is 0. The third-order valence-electron chi connectivity index (χ3n) is 0. The molecule has 0 atom stereocenters. The van der Waals surface area contributed by atoms with Crippen molar-refractivity contribution in [1.29, 1.82) is 0 Å². The molecule has 0 spiro atoms. The first-order valence-corrected chi connectivity index (χ1v) is 1.37. The van der Waals surface area contributed by atoms with E-state index in [9.17, 15) is 0 Å². The van der Waals surface area contributed by atoms with Gasteiger partial charge in [0.1, 0.15) is 0 Å². The van der Waals surface area contributed by atoms with Crippen LogP contribution in [0.15, 0.2) is 0 Å². The summed E-state index contributed by atoms with van der Waals surface area (Å²) in [6, 6.07) is 0. The SMILES string of the molecule is [Al+3].[K+].[O]=[Sn]. The van der Waals surface area contributed by atoms with Gasteiger partial charge in [-0.1, -0.05) is 0 Å². The second kappa shape index (κ2) is 17.1. The molecule has 0 aliphatic rings. The Morgan fingerprint density at radius 3 is 1.25 bits per heavy atom. The van der Waals surface area contributed by atoms with Gasteiger partial charge in [0.2, 0.25) is 0 Å². The summed E-state index contributed by atoms with van der Waals surface area (Å²) in [6.07, 6.45) is 0. The van der Waals surface area contributed by atoms with E-state index in [1.165, 1.54) is 0 Å². The molecule has 0 unspecified atom stereocenters.